The lowest BCUT2D eigenvalue weighted by Crippen LogP contribution is -2.43. The molecule has 0 saturated carbocycles. The zero-order valence-electron chi connectivity index (χ0n) is 4.40. The van der Waals surface area contributed by atoms with Crippen molar-refractivity contribution in [1.82, 2.24) is 9.24 Å². The molecular formula is C4H8Br2N2. The highest BCUT2D eigenvalue weighted by atomic mass is 79.9. The molecule has 1 rings (SSSR count). The summed E-state index contributed by atoms with van der Waals surface area (Å²) in [7, 11) is 0. The predicted molar refractivity (Wildman–Crippen MR) is 41.2 cm³/mol. The van der Waals surface area contributed by atoms with Crippen LogP contribution in [-0.2, 0) is 0 Å². The van der Waals surface area contributed by atoms with Crippen molar-refractivity contribution >= 4 is 32.1 Å². The quantitative estimate of drug-likeness (QED) is 0.387. The summed E-state index contributed by atoms with van der Waals surface area (Å²) in [6.45, 7) is 3.16. The van der Waals surface area contributed by atoms with E-state index in [0.717, 1.165) is 19.6 Å². The molecular weight excluding hydrogens is 236 g/mol. The fourth-order valence-corrected chi connectivity index (χ4v) is 1.40. The maximum Gasteiger partial charge on any atom is 0.0880 e. The first-order valence-electron chi connectivity index (χ1n) is 2.58. The summed E-state index contributed by atoms with van der Waals surface area (Å²) >= 11 is 6.87. The maximum atomic E-state index is 3.47. The number of piperazine rings is 1. The summed E-state index contributed by atoms with van der Waals surface area (Å²) in [6.07, 6.45) is 0. The number of hydrogen-bond donors (Lipinski definition) is 1. The summed E-state index contributed by atoms with van der Waals surface area (Å²) in [5, 5.41) is 3.25. The van der Waals surface area contributed by atoms with Gasteiger partial charge >= 0.3 is 0 Å². The van der Waals surface area contributed by atoms with E-state index in [1.165, 1.54) is 0 Å². The molecule has 1 unspecified atom stereocenters. The van der Waals surface area contributed by atoms with Crippen LogP contribution in [0.1, 0.15) is 0 Å². The number of alkyl halides is 1. The van der Waals surface area contributed by atoms with Gasteiger partial charge in [0.25, 0.3) is 0 Å². The third-order valence-electron chi connectivity index (χ3n) is 1.12. The van der Waals surface area contributed by atoms with Gasteiger partial charge in [0.05, 0.1) is 4.95 Å². The highest BCUT2D eigenvalue weighted by Crippen LogP contribution is 2.12. The predicted octanol–water partition coefficient (Wildman–Crippen LogP) is 0.923. The first-order chi connectivity index (χ1) is 3.80. The van der Waals surface area contributed by atoms with Gasteiger partial charge in [-0.25, -0.2) is 3.93 Å². The minimum Gasteiger partial charge on any atom is -0.313 e. The first-order valence-corrected chi connectivity index (χ1v) is 4.20. The Morgan fingerprint density at radius 1 is 1.62 bits per heavy atom. The van der Waals surface area contributed by atoms with Crippen molar-refractivity contribution in [2.45, 2.75) is 4.95 Å². The van der Waals surface area contributed by atoms with Crippen LogP contribution in [0.2, 0.25) is 0 Å². The molecule has 1 N–H and O–H groups in total. The summed E-state index contributed by atoms with van der Waals surface area (Å²) in [5.74, 6) is 0. The Labute approximate surface area is 66.1 Å². The standard InChI is InChI=1S/C4H8Br2N2/c5-4-3-7-1-2-8(4)6/h4,7H,1-3H2. The fourth-order valence-electron chi connectivity index (χ4n) is 0.646. The van der Waals surface area contributed by atoms with Crippen LogP contribution < -0.4 is 5.32 Å². The van der Waals surface area contributed by atoms with Crippen LogP contribution in [-0.4, -0.2) is 28.5 Å². The van der Waals surface area contributed by atoms with Crippen molar-refractivity contribution in [3.8, 4) is 0 Å². The molecule has 48 valence electrons. The van der Waals surface area contributed by atoms with E-state index in [1.807, 2.05) is 0 Å². The molecule has 4 heteroatoms. The van der Waals surface area contributed by atoms with Gasteiger partial charge in [0.1, 0.15) is 0 Å². The molecule has 0 aromatic rings. The Kier molecular flexibility index (Phi) is 2.75. The zero-order valence-corrected chi connectivity index (χ0v) is 7.57. The average Bonchev–Trinajstić information content (AvgIpc) is 1.77. The number of rotatable bonds is 0. The number of nitrogens with one attached hydrogen (secondary N) is 1. The molecule has 1 aliphatic rings. The lowest BCUT2D eigenvalue weighted by Gasteiger charge is -2.26. The van der Waals surface area contributed by atoms with E-state index in [0.29, 0.717) is 4.95 Å². The third-order valence-corrected chi connectivity index (χ3v) is 3.34. The van der Waals surface area contributed by atoms with Crippen molar-refractivity contribution in [3.63, 3.8) is 0 Å². The second-order valence-corrected chi connectivity index (χ2v) is 3.73. The van der Waals surface area contributed by atoms with Gasteiger partial charge in [-0.15, -0.1) is 0 Å². The van der Waals surface area contributed by atoms with Crippen molar-refractivity contribution in [1.29, 1.82) is 0 Å². The minimum absolute atomic E-state index is 0.455. The largest absolute Gasteiger partial charge is 0.313 e. The van der Waals surface area contributed by atoms with E-state index in [2.05, 4.69) is 41.3 Å². The van der Waals surface area contributed by atoms with E-state index in [4.69, 9.17) is 0 Å². The Bertz CT molecular complexity index is 68.4. The van der Waals surface area contributed by atoms with Crippen LogP contribution >= 0.6 is 32.1 Å². The van der Waals surface area contributed by atoms with Crippen LogP contribution in [0.5, 0.6) is 0 Å². The molecule has 0 amide bonds. The Balaban J connectivity index is 2.28. The van der Waals surface area contributed by atoms with Gasteiger partial charge in [0.15, 0.2) is 0 Å². The number of halogens is 2. The number of nitrogens with zero attached hydrogens (tertiary/aromatic N) is 1. The normalized spacial score (nSPS) is 33.0. The molecule has 8 heavy (non-hydrogen) atoms. The summed E-state index contributed by atoms with van der Waals surface area (Å²) < 4.78 is 2.10. The molecule has 1 aliphatic heterocycles. The molecule has 0 aliphatic carbocycles. The first kappa shape index (κ1) is 6.99. The van der Waals surface area contributed by atoms with Crippen molar-refractivity contribution in [2.75, 3.05) is 19.6 Å². The lowest BCUT2D eigenvalue weighted by atomic mass is 10.4. The molecule has 1 atom stereocenters. The Hall–Kier alpha value is 0.880. The van der Waals surface area contributed by atoms with E-state index < -0.39 is 0 Å². The van der Waals surface area contributed by atoms with Gasteiger partial charge in [0.2, 0.25) is 0 Å². The third kappa shape index (κ3) is 1.69. The second-order valence-electron chi connectivity index (χ2n) is 1.76. The molecule has 0 radical (unpaired) electrons. The van der Waals surface area contributed by atoms with Crippen LogP contribution in [0.15, 0.2) is 0 Å². The molecule has 0 bridgehead atoms. The van der Waals surface area contributed by atoms with Crippen molar-refractivity contribution in [3.05, 3.63) is 0 Å². The van der Waals surface area contributed by atoms with E-state index in [1.54, 1.807) is 0 Å². The van der Waals surface area contributed by atoms with Crippen molar-refractivity contribution < 1.29 is 0 Å². The van der Waals surface area contributed by atoms with Gasteiger partial charge in [-0.3, -0.25) is 0 Å². The SMILES string of the molecule is BrC1CNCCN1Br. The monoisotopic (exact) mass is 242 g/mol. The van der Waals surface area contributed by atoms with Gasteiger partial charge in [-0.05, 0) is 0 Å². The van der Waals surface area contributed by atoms with E-state index >= 15 is 0 Å². The van der Waals surface area contributed by atoms with Crippen molar-refractivity contribution in [2.24, 2.45) is 0 Å². The minimum atomic E-state index is 0.455. The second kappa shape index (κ2) is 3.15. The summed E-state index contributed by atoms with van der Waals surface area (Å²) in [6, 6.07) is 0. The van der Waals surface area contributed by atoms with E-state index in [9.17, 15) is 0 Å². The molecule has 1 heterocycles. The zero-order chi connectivity index (χ0) is 5.98. The van der Waals surface area contributed by atoms with Crippen LogP contribution in [0.4, 0.5) is 0 Å². The molecule has 1 saturated heterocycles. The molecule has 2 nitrogen and oxygen atoms in total. The topological polar surface area (TPSA) is 15.3 Å². The summed E-state index contributed by atoms with van der Waals surface area (Å²) in [5.41, 5.74) is 0. The van der Waals surface area contributed by atoms with Crippen LogP contribution in [0, 0.1) is 0 Å². The average molecular weight is 244 g/mol. The smallest absolute Gasteiger partial charge is 0.0880 e. The van der Waals surface area contributed by atoms with Gasteiger partial charge in [-0.2, -0.15) is 0 Å². The fraction of sp³-hybridized carbons (Fsp3) is 1.00. The lowest BCUT2D eigenvalue weighted by molar-refractivity contribution is 0.386. The highest BCUT2D eigenvalue weighted by Gasteiger charge is 2.15. The van der Waals surface area contributed by atoms with Gasteiger partial charge in [0, 0.05) is 35.8 Å². The van der Waals surface area contributed by atoms with Crippen LogP contribution in [0.3, 0.4) is 0 Å². The Morgan fingerprint density at radius 2 is 2.38 bits per heavy atom. The molecule has 0 spiro atoms. The van der Waals surface area contributed by atoms with Gasteiger partial charge < -0.3 is 5.32 Å². The van der Waals surface area contributed by atoms with E-state index in [-0.39, 0.29) is 0 Å². The molecule has 1 fully saturated rings. The van der Waals surface area contributed by atoms with Gasteiger partial charge in [-0.1, -0.05) is 15.9 Å². The highest BCUT2D eigenvalue weighted by molar-refractivity contribution is 9.11. The Morgan fingerprint density at radius 3 is 2.75 bits per heavy atom. The maximum absolute atomic E-state index is 3.47. The molecule has 0 aromatic carbocycles. The summed E-state index contributed by atoms with van der Waals surface area (Å²) in [4.78, 5) is 0.455. The number of hydrogen-bond acceptors (Lipinski definition) is 2. The molecule has 0 aromatic heterocycles. The van der Waals surface area contributed by atoms with Crippen LogP contribution in [0.25, 0.3) is 0 Å².